The number of rotatable bonds is 7. The Labute approximate surface area is 178 Å². The third kappa shape index (κ3) is 4.32. The van der Waals surface area contributed by atoms with Crippen molar-refractivity contribution in [2.45, 2.75) is 31.1 Å². The fraction of sp³-hybridized carbons (Fsp3) is 0.200. The van der Waals surface area contributed by atoms with Crippen molar-refractivity contribution in [2.24, 2.45) is 0 Å². The summed E-state index contributed by atoms with van der Waals surface area (Å²) in [5.41, 5.74) is 5.54. The number of hydrogen-bond donors (Lipinski definition) is 2. The van der Waals surface area contributed by atoms with Gasteiger partial charge in [-0.25, -0.2) is 13.1 Å². The highest BCUT2D eigenvalue weighted by atomic mass is 32.2. The second-order valence-electron chi connectivity index (χ2n) is 7.81. The maximum atomic E-state index is 12.7. The summed E-state index contributed by atoms with van der Waals surface area (Å²) in [6.07, 6.45) is 2.57. The van der Waals surface area contributed by atoms with Crippen LogP contribution in [-0.2, 0) is 16.4 Å². The van der Waals surface area contributed by atoms with Crippen molar-refractivity contribution < 1.29 is 8.42 Å². The topological polar surface area (TPSA) is 62.0 Å². The fourth-order valence-electron chi connectivity index (χ4n) is 3.63. The van der Waals surface area contributed by atoms with E-state index in [-0.39, 0.29) is 4.90 Å². The van der Waals surface area contributed by atoms with Crippen LogP contribution in [0.4, 0.5) is 0 Å². The number of para-hydroxylation sites is 1. The van der Waals surface area contributed by atoms with Crippen LogP contribution in [0.25, 0.3) is 22.0 Å². The van der Waals surface area contributed by atoms with Gasteiger partial charge in [0.2, 0.25) is 10.0 Å². The van der Waals surface area contributed by atoms with Gasteiger partial charge in [-0.15, -0.1) is 0 Å². The normalized spacial score (nSPS) is 12.0. The van der Waals surface area contributed by atoms with Crippen molar-refractivity contribution >= 4 is 20.9 Å². The van der Waals surface area contributed by atoms with E-state index in [0.29, 0.717) is 18.9 Å². The molecule has 30 heavy (non-hydrogen) atoms. The van der Waals surface area contributed by atoms with E-state index < -0.39 is 10.0 Å². The van der Waals surface area contributed by atoms with Crippen LogP contribution in [0, 0.1) is 0 Å². The van der Waals surface area contributed by atoms with Gasteiger partial charge in [-0.1, -0.05) is 68.4 Å². The predicted octanol–water partition coefficient (Wildman–Crippen LogP) is 5.48. The molecule has 4 nitrogen and oxygen atoms in total. The lowest BCUT2D eigenvalue weighted by molar-refractivity contribution is 0.582. The smallest absolute Gasteiger partial charge is 0.240 e. The largest absolute Gasteiger partial charge is 0.361 e. The molecular weight excluding hydrogens is 392 g/mol. The first-order valence-electron chi connectivity index (χ1n) is 10.2. The average molecular weight is 419 g/mol. The molecule has 0 radical (unpaired) electrons. The SMILES string of the molecule is CC(C)c1ccc(-c2ccc(S(=O)(=O)NCCc3c[nH]c4ccccc34)cc2)cc1. The first kappa shape index (κ1) is 20.4. The van der Waals surface area contributed by atoms with Gasteiger partial charge >= 0.3 is 0 Å². The Balaban J connectivity index is 1.42. The molecule has 5 heteroatoms. The highest BCUT2D eigenvalue weighted by molar-refractivity contribution is 7.89. The summed E-state index contributed by atoms with van der Waals surface area (Å²) in [7, 11) is -3.54. The van der Waals surface area contributed by atoms with Crippen molar-refractivity contribution in [1.29, 1.82) is 0 Å². The van der Waals surface area contributed by atoms with Crippen LogP contribution >= 0.6 is 0 Å². The zero-order chi connectivity index (χ0) is 21.1. The Morgan fingerprint density at radius 3 is 2.17 bits per heavy atom. The molecule has 0 aliphatic rings. The lowest BCUT2D eigenvalue weighted by Crippen LogP contribution is -2.25. The van der Waals surface area contributed by atoms with Crippen molar-refractivity contribution in [3.8, 4) is 11.1 Å². The second-order valence-corrected chi connectivity index (χ2v) is 9.58. The van der Waals surface area contributed by atoms with E-state index in [2.05, 4.69) is 47.8 Å². The van der Waals surface area contributed by atoms with Crippen molar-refractivity contribution in [1.82, 2.24) is 9.71 Å². The molecule has 0 saturated heterocycles. The highest BCUT2D eigenvalue weighted by Crippen LogP contribution is 2.24. The summed E-state index contributed by atoms with van der Waals surface area (Å²) >= 11 is 0. The van der Waals surface area contributed by atoms with Crippen LogP contribution in [-0.4, -0.2) is 19.9 Å². The predicted molar refractivity (Wildman–Crippen MR) is 123 cm³/mol. The minimum absolute atomic E-state index is 0.281. The summed E-state index contributed by atoms with van der Waals surface area (Å²) < 4.78 is 28.1. The lowest BCUT2D eigenvalue weighted by atomic mass is 9.99. The molecule has 4 rings (SSSR count). The third-order valence-corrected chi connectivity index (χ3v) is 6.91. The number of sulfonamides is 1. The van der Waals surface area contributed by atoms with Crippen LogP contribution < -0.4 is 4.72 Å². The Morgan fingerprint density at radius 2 is 1.50 bits per heavy atom. The monoisotopic (exact) mass is 418 g/mol. The number of aromatic nitrogens is 1. The molecule has 1 aromatic heterocycles. The Kier molecular flexibility index (Phi) is 5.75. The number of nitrogens with one attached hydrogen (secondary N) is 2. The Hall–Kier alpha value is -2.89. The molecule has 0 bridgehead atoms. The lowest BCUT2D eigenvalue weighted by Gasteiger charge is -2.09. The van der Waals surface area contributed by atoms with E-state index in [4.69, 9.17) is 0 Å². The highest BCUT2D eigenvalue weighted by Gasteiger charge is 2.14. The van der Waals surface area contributed by atoms with Gasteiger partial charge in [-0.3, -0.25) is 0 Å². The van der Waals surface area contributed by atoms with E-state index >= 15 is 0 Å². The maximum Gasteiger partial charge on any atom is 0.240 e. The summed E-state index contributed by atoms with van der Waals surface area (Å²) in [6, 6.07) is 23.5. The molecule has 0 aliphatic heterocycles. The van der Waals surface area contributed by atoms with E-state index in [0.717, 1.165) is 27.6 Å². The summed E-state index contributed by atoms with van der Waals surface area (Å²) in [6.45, 7) is 4.68. The van der Waals surface area contributed by atoms with E-state index in [1.54, 1.807) is 12.1 Å². The number of H-pyrrole nitrogens is 1. The van der Waals surface area contributed by atoms with Gasteiger partial charge in [0.25, 0.3) is 0 Å². The standard InChI is InChI=1S/C25H26N2O2S/c1-18(2)19-7-9-20(10-8-19)21-11-13-23(14-12-21)30(28,29)27-16-15-22-17-26-25-6-4-3-5-24(22)25/h3-14,17-18,26-27H,15-16H2,1-2H3. The Bertz CT molecular complexity index is 1240. The van der Waals surface area contributed by atoms with Crippen LogP contribution in [0.15, 0.2) is 83.9 Å². The average Bonchev–Trinajstić information content (AvgIpc) is 3.17. The minimum Gasteiger partial charge on any atom is -0.361 e. The number of benzene rings is 3. The molecule has 0 unspecified atom stereocenters. The molecule has 154 valence electrons. The zero-order valence-corrected chi connectivity index (χ0v) is 18.0. The molecule has 0 spiro atoms. The quantitative estimate of drug-likeness (QED) is 0.417. The van der Waals surface area contributed by atoms with E-state index in [1.807, 2.05) is 42.6 Å². The number of hydrogen-bond acceptors (Lipinski definition) is 2. The van der Waals surface area contributed by atoms with Crippen molar-refractivity contribution in [2.75, 3.05) is 6.54 Å². The molecule has 1 heterocycles. The molecule has 2 N–H and O–H groups in total. The molecule has 0 saturated carbocycles. The van der Waals surface area contributed by atoms with Crippen LogP contribution in [0.5, 0.6) is 0 Å². The molecule has 0 fully saturated rings. The van der Waals surface area contributed by atoms with Gasteiger partial charge in [0.15, 0.2) is 0 Å². The summed E-state index contributed by atoms with van der Waals surface area (Å²) in [5, 5.41) is 1.13. The third-order valence-electron chi connectivity index (χ3n) is 5.44. The van der Waals surface area contributed by atoms with E-state index in [9.17, 15) is 8.42 Å². The van der Waals surface area contributed by atoms with Crippen LogP contribution in [0.3, 0.4) is 0 Å². The van der Waals surface area contributed by atoms with Crippen molar-refractivity contribution in [3.05, 3.63) is 90.1 Å². The molecule has 0 atom stereocenters. The van der Waals surface area contributed by atoms with Crippen LogP contribution in [0.1, 0.15) is 30.9 Å². The Morgan fingerprint density at radius 1 is 0.867 bits per heavy atom. The van der Waals surface area contributed by atoms with Gasteiger partial charge < -0.3 is 4.98 Å². The molecular formula is C25H26N2O2S. The van der Waals surface area contributed by atoms with Gasteiger partial charge in [0, 0.05) is 23.6 Å². The molecule has 3 aromatic carbocycles. The first-order chi connectivity index (χ1) is 14.4. The second kappa shape index (κ2) is 8.46. The fourth-order valence-corrected chi connectivity index (χ4v) is 4.66. The summed E-state index contributed by atoms with van der Waals surface area (Å²) in [5.74, 6) is 0.488. The molecule has 0 amide bonds. The van der Waals surface area contributed by atoms with Gasteiger partial charge in [-0.2, -0.15) is 0 Å². The van der Waals surface area contributed by atoms with Crippen LogP contribution in [0.2, 0.25) is 0 Å². The molecule has 4 aromatic rings. The van der Waals surface area contributed by atoms with Crippen molar-refractivity contribution in [3.63, 3.8) is 0 Å². The minimum atomic E-state index is -3.54. The van der Waals surface area contributed by atoms with Gasteiger partial charge in [0.05, 0.1) is 4.90 Å². The van der Waals surface area contributed by atoms with Gasteiger partial charge in [-0.05, 0) is 52.8 Å². The zero-order valence-electron chi connectivity index (χ0n) is 17.2. The maximum absolute atomic E-state index is 12.7. The first-order valence-corrected chi connectivity index (χ1v) is 11.7. The van der Waals surface area contributed by atoms with E-state index in [1.165, 1.54) is 5.56 Å². The van der Waals surface area contributed by atoms with Gasteiger partial charge in [0.1, 0.15) is 0 Å². The summed E-state index contributed by atoms with van der Waals surface area (Å²) in [4.78, 5) is 3.50. The number of aromatic amines is 1. The number of fused-ring (bicyclic) bond motifs is 1. The molecule has 0 aliphatic carbocycles.